The first-order valence-corrected chi connectivity index (χ1v) is 4.62. The molecule has 0 aliphatic carbocycles. The molecule has 0 bridgehead atoms. The number of amides is 1. The van der Waals surface area contributed by atoms with Gasteiger partial charge in [-0.05, 0) is 17.9 Å². The molecule has 1 fully saturated rings. The molecule has 14 heavy (non-hydrogen) atoms. The second-order valence-corrected chi connectivity index (χ2v) is 3.56. The van der Waals surface area contributed by atoms with Gasteiger partial charge < -0.3 is 10.0 Å². The summed E-state index contributed by atoms with van der Waals surface area (Å²) < 4.78 is 0. The van der Waals surface area contributed by atoms with Gasteiger partial charge in [0.05, 0.1) is 6.10 Å². The molecule has 0 saturated carbocycles. The Labute approximate surface area is 82.1 Å². The van der Waals surface area contributed by atoms with Crippen molar-refractivity contribution in [3.8, 4) is 0 Å². The average Bonchev–Trinajstić information content (AvgIpc) is 2.18. The number of hydrogen-bond donors (Lipinski definition) is 1. The number of nitrogens with zero attached hydrogens (tertiary/aromatic N) is 4. The fraction of sp³-hybridized carbons (Fsp3) is 0.875. The van der Waals surface area contributed by atoms with Crippen molar-refractivity contribution in [2.45, 2.75) is 19.4 Å². The molecule has 6 nitrogen and oxygen atoms in total. The maximum atomic E-state index is 11.4. The Morgan fingerprint density at radius 2 is 2.50 bits per heavy atom. The van der Waals surface area contributed by atoms with Crippen LogP contribution in [0.5, 0.6) is 0 Å². The molecule has 2 atom stereocenters. The van der Waals surface area contributed by atoms with Gasteiger partial charge in [-0.2, -0.15) is 0 Å². The zero-order valence-corrected chi connectivity index (χ0v) is 8.13. The Balaban J connectivity index is 2.46. The van der Waals surface area contributed by atoms with Crippen LogP contribution >= 0.6 is 0 Å². The van der Waals surface area contributed by atoms with Crippen LogP contribution in [0, 0.1) is 5.92 Å². The van der Waals surface area contributed by atoms with Crippen LogP contribution in [0.3, 0.4) is 0 Å². The van der Waals surface area contributed by atoms with Crippen LogP contribution in [-0.2, 0) is 4.79 Å². The van der Waals surface area contributed by atoms with Gasteiger partial charge in [0.25, 0.3) is 0 Å². The number of piperidine rings is 1. The van der Waals surface area contributed by atoms with Gasteiger partial charge in [0.2, 0.25) is 5.91 Å². The topological polar surface area (TPSA) is 89.3 Å². The number of carbonyl (C=O) groups excluding carboxylic acids is 1. The van der Waals surface area contributed by atoms with Crippen LogP contribution in [0.15, 0.2) is 5.11 Å². The summed E-state index contributed by atoms with van der Waals surface area (Å²) >= 11 is 0. The summed E-state index contributed by atoms with van der Waals surface area (Å²) in [5, 5.41) is 12.7. The molecule has 0 aromatic heterocycles. The van der Waals surface area contributed by atoms with Gasteiger partial charge in [-0.25, -0.2) is 0 Å². The molecule has 0 aromatic carbocycles. The first-order chi connectivity index (χ1) is 6.65. The Kier molecular flexibility index (Phi) is 3.73. The maximum absolute atomic E-state index is 11.4. The standard InChI is InChI=1S/C8H14N4O2/c1-6-5-12(3-2-7(6)13)8(14)4-10-11-9/h6-7,13H,2-5H2,1H3/t6-,7-/m0/s1. The number of aliphatic hydroxyl groups excluding tert-OH is 1. The molecule has 1 saturated heterocycles. The van der Waals surface area contributed by atoms with Crippen LogP contribution in [0.4, 0.5) is 0 Å². The van der Waals surface area contributed by atoms with E-state index < -0.39 is 0 Å². The lowest BCUT2D eigenvalue weighted by molar-refractivity contribution is -0.133. The third-order valence-electron chi connectivity index (χ3n) is 2.48. The third-order valence-corrected chi connectivity index (χ3v) is 2.48. The van der Waals surface area contributed by atoms with E-state index in [1.807, 2.05) is 6.92 Å². The predicted molar refractivity (Wildman–Crippen MR) is 50.4 cm³/mol. The van der Waals surface area contributed by atoms with E-state index in [-0.39, 0.29) is 24.5 Å². The number of carbonyl (C=O) groups is 1. The third kappa shape index (κ3) is 2.61. The molecular weight excluding hydrogens is 184 g/mol. The van der Waals surface area contributed by atoms with Gasteiger partial charge in [-0.1, -0.05) is 12.0 Å². The number of rotatable bonds is 2. The highest BCUT2D eigenvalue weighted by molar-refractivity contribution is 5.78. The molecule has 1 rings (SSSR count). The predicted octanol–water partition coefficient (Wildman–Crippen LogP) is 0.526. The van der Waals surface area contributed by atoms with Crippen molar-refractivity contribution < 1.29 is 9.90 Å². The van der Waals surface area contributed by atoms with Crippen molar-refractivity contribution in [3.63, 3.8) is 0 Å². The molecule has 0 radical (unpaired) electrons. The monoisotopic (exact) mass is 198 g/mol. The second kappa shape index (κ2) is 4.83. The molecule has 0 unspecified atom stereocenters. The van der Waals surface area contributed by atoms with E-state index in [2.05, 4.69) is 10.0 Å². The van der Waals surface area contributed by atoms with Crippen molar-refractivity contribution in [2.75, 3.05) is 19.6 Å². The number of azide groups is 1. The van der Waals surface area contributed by atoms with E-state index in [0.29, 0.717) is 19.5 Å². The maximum Gasteiger partial charge on any atom is 0.228 e. The molecule has 1 N–H and O–H groups in total. The highest BCUT2D eigenvalue weighted by Crippen LogP contribution is 2.16. The minimum Gasteiger partial charge on any atom is -0.393 e. The van der Waals surface area contributed by atoms with E-state index in [4.69, 9.17) is 5.53 Å². The lowest BCUT2D eigenvalue weighted by Gasteiger charge is -2.34. The lowest BCUT2D eigenvalue weighted by Crippen LogP contribution is -2.45. The summed E-state index contributed by atoms with van der Waals surface area (Å²) in [6.45, 7) is 2.86. The summed E-state index contributed by atoms with van der Waals surface area (Å²) in [5.41, 5.74) is 8.06. The molecule has 1 heterocycles. The van der Waals surface area contributed by atoms with Gasteiger partial charge in [0.1, 0.15) is 6.54 Å². The average molecular weight is 198 g/mol. The van der Waals surface area contributed by atoms with E-state index in [1.54, 1.807) is 4.90 Å². The Bertz CT molecular complexity index is 262. The van der Waals surface area contributed by atoms with Gasteiger partial charge in [0.15, 0.2) is 0 Å². The SMILES string of the molecule is C[C@H]1CN(C(=O)CN=[N+]=[N-])CC[C@@H]1O. The van der Waals surface area contributed by atoms with Crippen molar-refractivity contribution in [1.82, 2.24) is 4.90 Å². The highest BCUT2D eigenvalue weighted by atomic mass is 16.3. The Morgan fingerprint density at radius 3 is 3.07 bits per heavy atom. The van der Waals surface area contributed by atoms with Gasteiger partial charge >= 0.3 is 0 Å². The fourth-order valence-corrected chi connectivity index (χ4v) is 1.55. The van der Waals surface area contributed by atoms with Gasteiger partial charge in [0, 0.05) is 18.0 Å². The number of aliphatic hydroxyl groups is 1. The first-order valence-electron chi connectivity index (χ1n) is 4.62. The van der Waals surface area contributed by atoms with Crippen LogP contribution in [0.1, 0.15) is 13.3 Å². The second-order valence-electron chi connectivity index (χ2n) is 3.56. The minimum absolute atomic E-state index is 0.0961. The number of likely N-dealkylation sites (tertiary alicyclic amines) is 1. The van der Waals surface area contributed by atoms with Crippen LogP contribution in [0.25, 0.3) is 10.4 Å². The molecule has 6 heteroatoms. The normalized spacial score (nSPS) is 26.9. The van der Waals surface area contributed by atoms with E-state index in [0.717, 1.165) is 0 Å². The summed E-state index contributed by atoms with van der Waals surface area (Å²) in [4.78, 5) is 15.6. The van der Waals surface area contributed by atoms with Crippen molar-refractivity contribution >= 4 is 5.91 Å². The smallest absolute Gasteiger partial charge is 0.228 e. The molecule has 78 valence electrons. The highest BCUT2D eigenvalue weighted by Gasteiger charge is 2.26. The minimum atomic E-state index is -0.321. The van der Waals surface area contributed by atoms with Crippen LogP contribution in [-0.4, -0.2) is 41.7 Å². The van der Waals surface area contributed by atoms with Crippen LogP contribution in [0.2, 0.25) is 0 Å². The molecular formula is C8H14N4O2. The molecule has 1 amide bonds. The van der Waals surface area contributed by atoms with E-state index >= 15 is 0 Å². The van der Waals surface area contributed by atoms with Crippen molar-refractivity contribution in [3.05, 3.63) is 10.4 Å². The lowest BCUT2D eigenvalue weighted by atomic mass is 9.97. The number of hydrogen-bond acceptors (Lipinski definition) is 3. The quantitative estimate of drug-likeness (QED) is 0.398. The Hall–Kier alpha value is -1.26. The molecule has 0 spiro atoms. The zero-order chi connectivity index (χ0) is 10.6. The molecule has 0 aromatic rings. The van der Waals surface area contributed by atoms with E-state index in [9.17, 15) is 9.90 Å². The van der Waals surface area contributed by atoms with Gasteiger partial charge in [-0.3, -0.25) is 4.79 Å². The fourth-order valence-electron chi connectivity index (χ4n) is 1.55. The molecule has 1 aliphatic rings. The summed E-state index contributed by atoms with van der Waals surface area (Å²) in [7, 11) is 0. The first kappa shape index (κ1) is 10.8. The zero-order valence-electron chi connectivity index (χ0n) is 8.13. The Morgan fingerprint density at radius 1 is 1.79 bits per heavy atom. The van der Waals surface area contributed by atoms with Crippen LogP contribution < -0.4 is 0 Å². The largest absolute Gasteiger partial charge is 0.393 e. The van der Waals surface area contributed by atoms with Crippen molar-refractivity contribution in [1.29, 1.82) is 0 Å². The van der Waals surface area contributed by atoms with Gasteiger partial charge in [-0.15, -0.1) is 0 Å². The molecule has 1 aliphatic heterocycles. The summed E-state index contributed by atoms with van der Waals surface area (Å²) in [6, 6.07) is 0. The summed E-state index contributed by atoms with van der Waals surface area (Å²) in [6.07, 6.45) is 0.280. The van der Waals surface area contributed by atoms with E-state index in [1.165, 1.54) is 0 Å². The summed E-state index contributed by atoms with van der Waals surface area (Å²) in [5.74, 6) is -0.0692. The van der Waals surface area contributed by atoms with Crippen molar-refractivity contribution in [2.24, 2.45) is 11.0 Å².